The Morgan fingerprint density at radius 1 is 1.30 bits per heavy atom. The molecule has 1 aliphatic carbocycles. The minimum atomic E-state index is -4.11. The van der Waals surface area contributed by atoms with Crippen LogP contribution in [0.1, 0.15) is 30.1 Å². The summed E-state index contributed by atoms with van der Waals surface area (Å²) in [6, 6.07) is 3.09. The average molecular weight is 400 g/mol. The lowest BCUT2D eigenvalue weighted by Crippen LogP contribution is -2.41. The van der Waals surface area contributed by atoms with Gasteiger partial charge in [0.1, 0.15) is 10.7 Å². The van der Waals surface area contributed by atoms with E-state index >= 15 is 0 Å². The van der Waals surface area contributed by atoms with Crippen molar-refractivity contribution in [3.63, 3.8) is 0 Å². The van der Waals surface area contributed by atoms with Crippen molar-refractivity contribution in [1.29, 1.82) is 0 Å². The van der Waals surface area contributed by atoms with Gasteiger partial charge in [-0.1, -0.05) is 0 Å². The van der Waals surface area contributed by atoms with E-state index in [9.17, 15) is 22.4 Å². The molecule has 1 saturated heterocycles. The molecule has 8 nitrogen and oxygen atoms in total. The Morgan fingerprint density at radius 3 is 2.59 bits per heavy atom. The molecule has 1 aromatic rings. The summed E-state index contributed by atoms with van der Waals surface area (Å²) >= 11 is 0. The Kier molecular flexibility index (Phi) is 5.78. The molecule has 0 aromatic heterocycles. The van der Waals surface area contributed by atoms with E-state index in [2.05, 4.69) is 5.32 Å². The summed E-state index contributed by atoms with van der Waals surface area (Å²) in [5, 5.41) is 2.71. The van der Waals surface area contributed by atoms with E-state index in [0.717, 1.165) is 35.3 Å². The van der Waals surface area contributed by atoms with Crippen LogP contribution in [-0.4, -0.2) is 63.0 Å². The van der Waals surface area contributed by atoms with E-state index in [1.807, 2.05) is 0 Å². The fourth-order valence-electron chi connectivity index (χ4n) is 2.58. The Balaban J connectivity index is 1.75. The molecule has 0 spiro atoms. The van der Waals surface area contributed by atoms with Crippen molar-refractivity contribution in [2.45, 2.75) is 36.8 Å². The number of sulfonamides is 1. The van der Waals surface area contributed by atoms with E-state index in [1.165, 1.54) is 6.92 Å². The molecule has 1 N–H and O–H groups in total. The van der Waals surface area contributed by atoms with Crippen LogP contribution >= 0.6 is 0 Å². The van der Waals surface area contributed by atoms with Gasteiger partial charge < -0.3 is 14.8 Å². The van der Waals surface area contributed by atoms with Crippen LogP contribution in [0.4, 0.5) is 4.39 Å². The molecule has 1 heterocycles. The van der Waals surface area contributed by atoms with E-state index in [0.29, 0.717) is 0 Å². The number of carbonyl (C=O) groups is 2. The van der Waals surface area contributed by atoms with Gasteiger partial charge in [0.2, 0.25) is 10.0 Å². The Labute approximate surface area is 156 Å². The number of amides is 1. The van der Waals surface area contributed by atoms with E-state index in [-0.39, 0.29) is 37.9 Å². The molecule has 148 valence electrons. The quantitative estimate of drug-likeness (QED) is 0.705. The van der Waals surface area contributed by atoms with Crippen LogP contribution < -0.4 is 5.32 Å². The minimum Gasteiger partial charge on any atom is -0.449 e. The molecule has 1 aliphatic heterocycles. The molecule has 1 saturated carbocycles. The first kappa shape index (κ1) is 19.7. The third kappa shape index (κ3) is 4.63. The number of esters is 1. The highest BCUT2D eigenvalue weighted by Crippen LogP contribution is 2.23. The fourth-order valence-corrected chi connectivity index (χ4v) is 4.08. The summed E-state index contributed by atoms with van der Waals surface area (Å²) in [6.45, 7) is 2.07. The van der Waals surface area contributed by atoms with Crippen molar-refractivity contribution in [1.82, 2.24) is 9.62 Å². The van der Waals surface area contributed by atoms with Gasteiger partial charge in [-0.05, 0) is 38.0 Å². The first-order valence-corrected chi connectivity index (χ1v) is 10.1. The zero-order valence-electron chi connectivity index (χ0n) is 14.8. The van der Waals surface area contributed by atoms with Gasteiger partial charge >= 0.3 is 5.97 Å². The van der Waals surface area contributed by atoms with Crippen LogP contribution in [0.5, 0.6) is 0 Å². The number of hydrogen-bond donors (Lipinski definition) is 1. The normalized spacial score (nSPS) is 19.3. The lowest BCUT2D eigenvalue weighted by Gasteiger charge is -2.26. The minimum absolute atomic E-state index is 0.106. The van der Waals surface area contributed by atoms with Crippen LogP contribution in [0.15, 0.2) is 23.1 Å². The number of rotatable bonds is 6. The molecule has 0 radical (unpaired) electrons. The van der Waals surface area contributed by atoms with Gasteiger partial charge in [0.15, 0.2) is 6.10 Å². The monoisotopic (exact) mass is 400 g/mol. The maximum absolute atomic E-state index is 14.2. The molecule has 10 heteroatoms. The van der Waals surface area contributed by atoms with Gasteiger partial charge in [-0.3, -0.25) is 4.79 Å². The molecule has 2 aliphatic rings. The van der Waals surface area contributed by atoms with Crippen LogP contribution in [0.3, 0.4) is 0 Å². The molecule has 2 fully saturated rings. The summed E-state index contributed by atoms with van der Waals surface area (Å²) in [5.74, 6) is -2.28. The summed E-state index contributed by atoms with van der Waals surface area (Å²) in [4.78, 5) is 23.6. The highest BCUT2D eigenvalue weighted by atomic mass is 32.2. The van der Waals surface area contributed by atoms with Crippen LogP contribution in [-0.2, 0) is 24.3 Å². The van der Waals surface area contributed by atoms with Crippen molar-refractivity contribution in [3.8, 4) is 0 Å². The Morgan fingerprint density at radius 2 is 1.96 bits per heavy atom. The van der Waals surface area contributed by atoms with Crippen molar-refractivity contribution >= 4 is 21.9 Å². The van der Waals surface area contributed by atoms with Crippen molar-refractivity contribution in [2.75, 3.05) is 26.3 Å². The maximum atomic E-state index is 14.2. The van der Waals surface area contributed by atoms with Gasteiger partial charge in [-0.2, -0.15) is 4.31 Å². The largest absolute Gasteiger partial charge is 0.449 e. The average Bonchev–Trinajstić information content (AvgIpc) is 3.46. The number of benzene rings is 1. The van der Waals surface area contributed by atoms with Gasteiger partial charge in [-0.25, -0.2) is 17.6 Å². The van der Waals surface area contributed by atoms with Gasteiger partial charge in [0.25, 0.3) is 5.91 Å². The summed E-state index contributed by atoms with van der Waals surface area (Å²) in [7, 11) is -4.11. The van der Waals surface area contributed by atoms with Crippen molar-refractivity contribution in [3.05, 3.63) is 29.6 Å². The van der Waals surface area contributed by atoms with Crippen LogP contribution in [0.25, 0.3) is 0 Å². The molecule has 1 aromatic carbocycles. The highest BCUT2D eigenvalue weighted by Gasteiger charge is 2.31. The standard InChI is InChI=1S/C17H21FN2O6S/c1-11(16(21)19-13-3-4-13)26-17(22)12-2-5-14(18)15(10-12)27(23,24)20-6-8-25-9-7-20/h2,5,10-11,13H,3-4,6-9H2,1H3,(H,19,21)/t11-/m0/s1. The van der Waals surface area contributed by atoms with Gasteiger partial charge in [-0.15, -0.1) is 0 Å². The number of carbonyl (C=O) groups excluding carboxylic acids is 2. The SMILES string of the molecule is C[C@H](OC(=O)c1ccc(F)c(S(=O)(=O)N2CCOCC2)c1)C(=O)NC1CC1. The predicted octanol–water partition coefficient (Wildman–Crippen LogP) is 0.671. The summed E-state index contributed by atoms with van der Waals surface area (Å²) in [6.07, 6.45) is 0.753. The van der Waals surface area contributed by atoms with Crippen LogP contribution in [0, 0.1) is 5.82 Å². The predicted molar refractivity (Wildman–Crippen MR) is 92.0 cm³/mol. The summed E-state index contributed by atoms with van der Waals surface area (Å²) in [5.41, 5.74) is -0.144. The lowest BCUT2D eigenvalue weighted by molar-refractivity contribution is -0.129. The van der Waals surface area contributed by atoms with E-state index in [4.69, 9.17) is 9.47 Å². The highest BCUT2D eigenvalue weighted by molar-refractivity contribution is 7.89. The third-order valence-electron chi connectivity index (χ3n) is 4.33. The molecule has 1 amide bonds. The molecule has 3 rings (SSSR count). The second kappa shape index (κ2) is 7.91. The number of ether oxygens (including phenoxy) is 2. The first-order valence-electron chi connectivity index (χ1n) is 8.68. The Hall–Kier alpha value is -2.04. The molecule has 1 atom stereocenters. The van der Waals surface area contributed by atoms with E-state index in [1.54, 1.807) is 0 Å². The van der Waals surface area contributed by atoms with Crippen molar-refractivity contribution < 1.29 is 31.9 Å². The lowest BCUT2D eigenvalue weighted by atomic mass is 10.2. The molecule has 0 unspecified atom stereocenters. The molecule has 27 heavy (non-hydrogen) atoms. The second-order valence-electron chi connectivity index (χ2n) is 6.49. The molecule has 0 bridgehead atoms. The number of nitrogens with zero attached hydrogens (tertiary/aromatic N) is 1. The number of halogens is 1. The molecular formula is C17H21FN2O6S. The maximum Gasteiger partial charge on any atom is 0.338 e. The zero-order valence-corrected chi connectivity index (χ0v) is 15.6. The topological polar surface area (TPSA) is 102 Å². The number of hydrogen-bond acceptors (Lipinski definition) is 6. The fraction of sp³-hybridized carbons (Fsp3) is 0.529. The van der Waals surface area contributed by atoms with Gasteiger partial charge in [0, 0.05) is 19.1 Å². The summed E-state index contributed by atoms with van der Waals surface area (Å²) < 4.78 is 50.8. The van der Waals surface area contributed by atoms with E-state index < -0.39 is 38.7 Å². The Bertz CT molecular complexity index is 834. The number of nitrogens with one attached hydrogen (secondary N) is 1. The molecular weight excluding hydrogens is 379 g/mol. The zero-order chi connectivity index (χ0) is 19.6. The third-order valence-corrected chi connectivity index (χ3v) is 6.25. The second-order valence-corrected chi connectivity index (χ2v) is 8.40. The van der Waals surface area contributed by atoms with Crippen molar-refractivity contribution in [2.24, 2.45) is 0 Å². The van der Waals surface area contributed by atoms with Gasteiger partial charge in [0.05, 0.1) is 18.8 Å². The first-order chi connectivity index (χ1) is 12.8. The van der Waals surface area contributed by atoms with Crippen LogP contribution in [0.2, 0.25) is 0 Å². The number of morpholine rings is 1. The smallest absolute Gasteiger partial charge is 0.338 e.